The summed E-state index contributed by atoms with van der Waals surface area (Å²) >= 11 is 0. The molecule has 0 aliphatic heterocycles. The van der Waals surface area contributed by atoms with Crippen LogP contribution in [0.15, 0.2) is 97.2 Å². The van der Waals surface area contributed by atoms with Gasteiger partial charge in [-0.05, 0) is 83.5 Å². The number of carbonyl (C=O) groups excluding carboxylic acids is 1. The molecule has 2 atom stereocenters. The van der Waals surface area contributed by atoms with Crippen LogP contribution in [-0.2, 0) is 4.79 Å². The molecule has 4 heteroatoms. The molecule has 3 N–H and O–H groups in total. The molecule has 0 aliphatic carbocycles. The summed E-state index contributed by atoms with van der Waals surface area (Å²) in [5.41, 5.74) is 0. The Morgan fingerprint density at radius 3 is 1.13 bits per heavy atom. The minimum absolute atomic E-state index is 0.0757. The maximum atomic E-state index is 12.4. The van der Waals surface area contributed by atoms with E-state index in [4.69, 9.17) is 0 Å². The van der Waals surface area contributed by atoms with Crippen molar-refractivity contribution in [1.29, 1.82) is 0 Å². The lowest BCUT2D eigenvalue weighted by Gasteiger charge is -2.19. The van der Waals surface area contributed by atoms with E-state index in [-0.39, 0.29) is 12.5 Å². The van der Waals surface area contributed by atoms with E-state index in [0.717, 1.165) is 70.6 Å². The zero-order chi connectivity index (χ0) is 44.9. The van der Waals surface area contributed by atoms with E-state index < -0.39 is 12.1 Å². The van der Waals surface area contributed by atoms with Gasteiger partial charge in [0.05, 0.1) is 18.8 Å². The number of aliphatic hydroxyl groups is 2. The van der Waals surface area contributed by atoms with Gasteiger partial charge in [-0.1, -0.05) is 252 Å². The van der Waals surface area contributed by atoms with E-state index in [9.17, 15) is 15.0 Å². The van der Waals surface area contributed by atoms with Crippen LogP contribution >= 0.6 is 0 Å². The third kappa shape index (κ3) is 48.3. The van der Waals surface area contributed by atoms with E-state index in [1.54, 1.807) is 6.08 Å². The highest BCUT2D eigenvalue weighted by molar-refractivity contribution is 5.76. The van der Waals surface area contributed by atoms with E-state index in [1.165, 1.54) is 154 Å². The molecule has 4 nitrogen and oxygen atoms in total. The number of unbranched alkanes of at least 4 members (excludes halogenated alkanes) is 26. The number of hydrogen-bond acceptors (Lipinski definition) is 3. The third-order valence-corrected chi connectivity index (χ3v) is 11.6. The lowest BCUT2D eigenvalue weighted by molar-refractivity contribution is -0.123. The number of amides is 1. The van der Waals surface area contributed by atoms with Gasteiger partial charge in [0.2, 0.25) is 5.91 Å². The fourth-order valence-corrected chi connectivity index (χ4v) is 7.55. The van der Waals surface area contributed by atoms with Crippen LogP contribution < -0.4 is 5.32 Å². The van der Waals surface area contributed by atoms with Crippen molar-refractivity contribution in [3.8, 4) is 0 Å². The van der Waals surface area contributed by atoms with Gasteiger partial charge in [0, 0.05) is 6.42 Å². The van der Waals surface area contributed by atoms with Crippen LogP contribution in [0.2, 0.25) is 0 Å². The van der Waals surface area contributed by atoms with Crippen molar-refractivity contribution in [2.45, 2.75) is 257 Å². The largest absolute Gasteiger partial charge is 0.394 e. The minimum atomic E-state index is -0.864. The molecule has 0 fully saturated rings. The van der Waals surface area contributed by atoms with E-state index in [0.29, 0.717) is 6.42 Å². The Morgan fingerprint density at radius 1 is 0.403 bits per heavy atom. The quantitative estimate of drug-likeness (QED) is 0.0422. The van der Waals surface area contributed by atoms with Gasteiger partial charge in [-0.2, -0.15) is 0 Å². The lowest BCUT2D eigenvalue weighted by Crippen LogP contribution is -2.45. The predicted molar refractivity (Wildman–Crippen MR) is 276 cm³/mol. The second-order valence-electron chi connectivity index (χ2n) is 17.6. The van der Waals surface area contributed by atoms with Crippen LogP contribution in [0.25, 0.3) is 0 Å². The van der Waals surface area contributed by atoms with Crippen LogP contribution in [0.3, 0.4) is 0 Å². The van der Waals surface area contributed by atoms with Crippen molar-refractivity contribution < 1.29 is 15.0 Å². The van der Waals surface area contributed by atoms with Gasteiger partial charge in [-0.15, -0.1) is 0 Å². The van der Waals surface area contributed by atoms with E-state index in [1.807, 2.05) is 6.08 Å². The maximum absolute atomic E-state index is 12.4. The Morgan fingerprint density at radius 2 is 0.726 bits per heavy atom. The fourth-order valence-electron chi connectivity index (χ4n) is 7.55. The minimum Gasteiger partial charge on any atom is -0.394 e. The standard InChI is InChI=1S/C58H101NO3/c1-3-5-7-9-11-13-15-17-18-19-20-21-22-23-24-25-26-27-28-29-30-31-32-33-34-35-36-37-38-39-40-42-44-46-48-50-52-54-58(62)59-56(55-60)57(61)53-51-49-47-45-43-41-16-14-12-10-8-6-4-2/h5,7,11,13,17-18,20-21,23-24,26-27,43,45,51,53,56-57,60-61H,3-4,6,8-10,12,14-16,19,22,25,28-42,44,46-50,52,54-55H2,1-2H3,(H,59,62)/b7-5-,13-11-,18-17-,21-20-,24-23-,27-26-,45-43+,53-51+. The number of nitrogens with one attached hydrogen (secondary N) is 1. The lowest BCUT2D eigenvalue weighted by atomic mass is 10.0. The van der Waals surface area contributed by atoms with Crippen molar-refractivity contribution in [2.75, 3.05) is 6.61 Å². The zero-order valence-electron chi connectivity index (χ0n) is 40.9. The van der Waals surface area contributed by atoms with Gasteiger partial charge in [0.25, 0.3) is 0 Å². The van der Waals surface area contributed by atoms with Crippen molar-refractivity contribution in [2.24, 2.45) is 0 Å². The summed E-state index contributed by atoms with van der Waals surface area (Å²) in [6.45, 7) is 4.17. The predicted octanol–water partition coefficient (Wildman–Crippen LogP) is 17.4. The number of hydrogen-bond donors (Lipinski definition) is 3. The molecule has 0 aromatic carbocycles. The van der Waals surface area contributed by atoms with Crippen LogP contribution in [0.5, 0.6) is 0 Å². The number of aliphatic hydroxyl groups excluding tert-OH is 2. The SMILES string of the molecule is CC/C=C\C/C=C\C/C=C\C/C=C\C/C=C\C/C=C\CCCCCCCCCCCCCCCCCCCCC(=O)NC(CO)C(O)/C=C/CC/C=C/CCCCCCCCC. The van der Waals surface area contributed by atoms with Gasteiger partial charge in [-0.25, -0.2) is 0 Å². The van der Waals surface area contributed by atoms with Crippen molar-refractivity contribution in [1.82, 2.24) is 5.32 Å². The van der Waals surface area contributed by atoms with Gasteiger partial charge in [0.15, 0.2) is 0 Å². The summed E-state index contributed by atoms with van der Waals surface area (Å²) in [6, 6.07) is -0.641. The van der Waals surface area contributed by atoms with E-state index >= 15 is 0 Å². The molecule has 356 valence electrons. The molecule has 0 saturated heterocycles. The highest BCUT2D eigenvalue weighted by Crippen LogP contribution is 2.15. The normalized spacial score (nSPS) is 13.7. The first kappa shape index (κ1) is 59.3. The highest BCUT2D eigenvalue weighted by Gasteiger charge is 2.17. The first-order valence-corrected chi connectivity index (χ1v) is 26.5. The van der Waals surface area contributed by atoms with Crippen LogP contribution in [0.1, 0.15) is 245 Å². The number of allylic oxidation sites excluding steroid dienone is 15. The molecular formula is C58H101NO3. The second-order valence-corrected chi connectivity index (χ2v) is 17.6. The summed E-state index contributed by atoms with van der Waals surface area (Å²) < 4.78 is 0. The highest BCUT2D eigenvalue weighted by atomic mass is 16.3. The number of carbonyl (C=O) groups is 1. The molecule has 0 radical (unpaired) electrons. The van der Waals surface area contributed by atoms with Crippen LogP contribution in [0.4, 0.5) is 0 Å². The smallest absolute Gasteiger partial charge is 0.220 e. The Balaban J connectivity index is 3.50. The molecule has 62 heavy (non-hydrogen) atoms. The van der Waals surface area contributed by atoms with Crippen LogP contribution in [-0.4, -0.2) is 34.9 Å². The first-order valence-electron chi connectivity index (χ1n) is 26.5. The average Bonchev–Trinajstić information content (AvgIpc) is 3.28. The Labute approximate surface area is 385 Å². The van der Waals surface area contributed by atoms with Crippen LogP contribution in [0, 0.1) is 0 Å². The molecule has 0 rings (SSSR count). The van der Waals surface area contributed by atoms with Crippen molar-refractivity contribution in [3.63, 3.8) is 0 Å². The third-order valence-electron chi connectivity index (χ3n) is 11.6. The molecule has 0 aromatic rings. The van der Waals surface area contributed by atoms with Gasteiger partial charge in [0.1, 0.15) is 0 Å². The topological polar surface area (TPSA) is 69.6 Å². The summed E-state index contributed by atoms with van der Waals surface area (Å²) in [5, 5.41) is 23.0. The summed E-state index contributed by atoms with van der Waals surface area (Å²) in [5.74, 6) is -0.0757. The molecular weight excluding hydrogens is 759 g/mol. The zero-order valence-corrected chi connectivity index (χ0v) is 40.9. The molecule has 0 spiro atoms. The molecule has 1 amide bonds. The van der Waals surface area contributed by atoms with Crippen molar-refractivity contribution in [3.05, 3.63) is 97.2 Å². The number of rotatable bonds is 47. The summed E-state index contributed by atoms with van der Waals surface area (Å²) in [7, 11) is 0. The monoisotopic (exact) mass is 860 g/mol. The average molecular weight is 860 g/mol. The molecule has 2 unspecified atom stereocenters. The Bertz CT molecular complexity index is 1160. The van der Waals surface area contributed by atoms with E-state index in [2.05, 4.69) is 104 Å². The Kier molecular flexibility index (Phi) is 50.4. The fraction of sp³-hybridized carbons (Fsp3) is 0.707. The van der Waals surface area contributed by atoms with Gasteiger partial charge in [-0.3, -0.25) is 4.79 Å². The molecule has 0 saturated carbocycles. The molecule has 0 aliphatic rings. The molecule has 0 heterocycles. The van der Waals surface area contributed by atoms with Crippen molar-refractivity contribution >= 4 is 5.91 Å². The Hall–Kier alpha value is -2.69. The summed E-state index contributed by atoms with van der Waals surface area (Å²) in [4.78, 5) is 12.4. The summed E-state index contributed by atoms with van der Waals surface area (Å²) in [6.07, 6.45) is 78.5. The van der Waals surface area contributed by atoms with Gasteiger partial charge < -0.3 is 15.5 Å². The second kappa shape index (κ2) is 52.7. The molecule has 0 bridgehead atoms. The maximum Gasteiger partial charge on any atom is 0.220 e. The molecule has 0 aromatic heterocycles. The van der Waals surface area contributed by atoms with Gasteiger partial charge >= 0.3 is 0 Å². The first-order chi connectivity index (χ1) is 30.7.